The number of pyridine rings is 3. The molecule has 6 heteroatoms. The van der Waals surface area contributed by atoms with Crippen LogP contribution in [0.2, 0.25) is 0 Å². The lowest BCUT2D eigenvalue weighted by molar-refractivity contribution is 1.16. The van der Waals surface area contributed by atoms with Gasteiger partial charge in [-0.1, -0.05) is 146 Å². The summed E-state index contributed by atoms with van der Waals surface area (Å²) in [5.41, 5.74) is 15.8. The molecule has 0 atom stereocenters. The van der Waals surface area contributed by atoms with Crippen molar-refractivity contribution in [3.05, 3.63) is 219 Å². The topological polar surface area (TPSA) is 69.4 Å². The Morgan fingerprint density at radius 2 is 0.841 bits per heavy atom. The van der Waals surface area contributed by atoms with Crippen molar-refractivity contribution in [2.24, 2.45) is 0 Å². The monoisotopic (exact) mass is 804 g/mol. The minimum Gasteiger partial charge on any atom is -0.309 e. The first-order valence-electron chi connectivity index (χ1n) is 21.1. The van der Waals surface area contributed by atoms with Crippen molar-refractivity contribution in [1.82, 2.24) is 29.5 Å². The van der Waals surface area contributed by atoms with Crippen LogP contribution in [0.1, 0.15) is 0 Å². The molecule has 63 heavy (non-hydrogen) atoms. The van der Waals surface area contributed by atoms with Gasteiger partial charge in [0.05, 0.1) is 50.5 Å². The van der Waals surface area contributed by atoms with E-state index in [1.807, 2.05) is 42.5 Å². The molecule has 12 rings (SSSR count). The van der Waals surface area contributed by atoms with Crippen LogP contribution in [-0.2, 0) is 0 Å². The summed E-state index contributed by atoms with van der Waals surface area (Å²) < 4.78 is 2.34. The van der Waals surface area contributed by atoms with Crippen molar-refractivity contribution >= 4 is 43.6 Å². The summed E-state index contributed by atoms with van der Waals surface area (Å²) in [5.74, 6) is 0.678. The lowest BCUT2D eigenvalue weighted by Gasteiger charge is -2.12. The minimum atomic E-state index is 0.678. The predicted octanol–water partition coefficient (Wildman–Crippen LogP) is 14.1. The number of benzene rings is 7. The third kappa shape index (κ3) is 6.67. The second-order valence-electron chi connectivity index (χ2n) is 15.7. The Morgan fingerprint density at radius 3 is 1.51 bits per heavy atom. The van der Waals surface area contributed by atoms with E-state index in [1.165, 1.54) is 21.8 Å². The van der Waals surface area contributed by atoms with Gasteiger partial charge in [0.1, 0.15) is 0 Å². The van der Waals surface area contributed by atoms with Gasteiger partial charge in [-0.25, -0.2) is 19.9 Å². The molecule has 0 N–H and O–H groups in total. The maximum Gasteiger partial charge on any atom is 0.160 e. The van der Waals surface area contributed by atoms with Crippen LogP contribution in [0.4, 0.5) is 0 Å². The summed E-state index contributed by atoms with van der Waals surface area (Å²) in [6, 6.07) is 73.8. The van der Waals surface area contributed by atoms with Gasteiger partial charge in [-0.3, -0.25) is 4.98 Å². The lowest BCUT2D eigenvalue weighted by atomic mass is 10.0. The molecule has 0 amide bonds. The standard InChI is InChI=1S/C57H36N6/c1-2-11-41(12-3-1)57-61-53(36-54(62-57)44-13-10-14-45(33-44)63-55-18-6-4-15-46(55)47-16-5-7-19-56(47)63)38-22-20-37(21-23-38)48-30-28-39-24-26-42(34-51(39)59-48)43-27-25-40-29-31-50(60-52(40)35-43)49-17-8-9-32-58-49/h1-36H. The molecule has 0 saturated heterocycles. The van der Waals surface area contributed by atoms with Gasteiger partial charge in [-0.15, -0.1) is 0 Å². The van der Waals surface area contributed by atoms with Crippen molar-refractivity contribution in [3.63, 3.8) is 0 Å². The maximum atomic E-state index is 5.17. The number of aromatic nitrogens is 6. The van der Waals surface area contributed by atoms with Crippen LogP contribution in [0, 0.1) is 0 Å². The van der Waals surface area contributed by atoms with Crippen LogP contribution in [-0.4, -0.2) is 29.5 Å². The van der Waals surface area contributed by atoms with Gasteiger partial charge in [0.15, 0.2) is 5.82 Å². The largest absolute Gasteiger partial charge is 0.309 e. The van der Waals surface area contributed by atoms with Crippen LogP contribution >= 0.6 is 0 Å². The highest BCUT2D eigenvalue weighted by Crippen LogP contribution is 2.35. The maximum absolute atomic E-state index is 5.17. The number of fused-ring (bicyclic) bond motifs is 5. The summed E-state index contributed by atoms with van der Waals surface area (Å²) in [4.78, 5) is 24.9. The van der Waals surface area contributed by atoms with Gasteiger partial charge >= 0.3 is 0 Å². The van der Waals surface area contributed by atoms with Crippen molar-refractivity contribution in [2.45, 2.75) is 0 Å². The van der Waals surface area contributed by atoms with Crippen molar-refractivity contribution < 1.29 is 0 Å². The molecule has 0 spiro atoms. The van der Waals surface area contributed by atoms with Gasteiger partial charge < -0.3 is 4.57 Å². The highest BCUT2D eigenvalue weighted by molar-refractivity contribution is 6.09. The third-order valence-corrected chi connectivity index (χ3v) is 11.9. The van der Waals surface area contributed by atoms with Gasteiger partial charge in [-0.2, -0.15) is 0 Å². The molecule has 0 bridgehead atoms. The van der Waals surface area contributed by atoms with Gasteiger partial charge in [0.2, 0.25) is 0 Å². The van der Waals surface area contributed by atoms with Crippen molar-refractivity contribution in [3.8, 4) is 73.4 Å². The molecule has 5 heterocycles. The predicted molar refractivity (Wildman–Crippen MR) is 257 cm³/mol. The van der Waals surface area contributed by atoms with Gasteiger partial charge in [0, 0.05) is 55.7 Å². The average molecular weight is 805 g/mol. The smallest absolute Gasteiger partial charge is 0.160 e. The first kappa shape index (κ1) is 36.3. The summed E-state index contributed by atoms with van der Waals surface area (Å²) in [6.07, 6.45) is 1.80. The zero-order chi connectivity index (χ0) is 41.7. The SMILES string of the molecule is c1ccc(-c2nc(-c3ccc(-c4ccc5ccc(-c6ccc7ccc(-c8ccccn8)nc7c6)cc5n4)cc3)cc(-c3cccc(-n4c5ccccc5c5ccccc54)c3)n2)cc1. The Kier molecular flexibility index (Phi) is 8.71. The van der Waals surface area contributed by atoms with E-state index in [0.717, 1.165) is 89.3 Å². The number of nitrogens with zero attached hydrogens (tertiary/aromatic N) is 6. The van der Waals surface area contributed by atoms with E-state index in [2.05, 4.69) is 179 Å². The fourth-order valence-corrected chi connectivity index (χ4v) is 8.69. The van der Waals surface area contributed by atoms with E-state index in [0.29, 0.717) is 5.82 Å². The lowest BCUT2D eigenvalue weighted by Crippen LogP contribution is -1.98. The molecule has 7 aromatic carbocycles. The number of para-hydroxylation sites is 2. The number of hydrogen-bond acceptors (Lipinski definition) is 5. The molecule has 12 aromatic rings. The van der Waals surface area contributed by atoms with Crippen LogP contribution in [0.15, 0.2) is 219 Å². The van der Waals surface area contributed by atoms with E-state index in [-0.39, 0.29) is 0 Å². The van der Waals surface area contributed by atoms with Crippen LogP contribution in [0.25, 0.3) is 117 Å². The van der Waals surface area contributed by atoms with Gasteiger partial charge in [-0.05, 0) is 77.9 Å². The molecule has 0 radical (unpaired) electrons. The molecule has 0 aliphatic heterocycles. The van der Waals surface area contributed by atoms with E-state index in [9.17, 15) is 0 Å². The number of hydrogen-bond donors (Lipinski definition) is 0. The second kappa shape index (κ2) is 15.1. The molecular weight excluding hydrogens is 769 g/mol. The summed E-state index contributed by atoms with van der Waals surface area (Å²) >= 11 is 0. The van der Waals surface area contributed by atoms with E-state index in [1.54, 1.807) is 6.20 Å². The summed E-state index contributed by atoms with van der Waals surface area (Å²) in [5, 5.41) is 4.63. The second-order valence-corrected chi connectivity index (χ2v) is 15.7. The normalized spacial score (nSPS) is 11.5. The van der Waals surface area contributed by atoms with E-state index >= 15 is 0 Å². The van der Waals surface area contributed by atoms with Crippen molar-refractivity contribution in [1.29, 1.82) is 0 Å². The Labute approximate surface area is 363 Å². The van der Waals surface area contributed by atoms with Crippen molar-refractivity contribution in [2.75, 3.05) is 0 Å². The van der Waals surface area contributed by atoms with Crippen LogP contribution < -0.4 is 0 Å². The number of rotatable bonds is 7. The highest BCUT2D eigenvalue weighted by atomic mass is 15.0. The van der Waals surface area contributed by atoms with Crippen LogP contribution in [0.3, 0.4) is 0 Å². The minimum absolute atomic E-state index is 0.678. The molecule has 0 aliphatic rings. The Hall–Kier alpha value is -8.61. The first-order chi connectivity index (χ1) is 31.2. The zero-order valence-electron chi connectivity index (χ0n) is 34.0. The Balaban J connectivity index is 0.887. The third-order valence-electron chi connectivity index (χ3n) is 11.9. The molecule has 0 fully saturated rings. The van der Waals surface area contributed by atoms with E-state index < -0.39 is 0 Å². The average Bonchev–Trinajstić information content (AvgIpc) is 3.70. The Morgan fingerprint density at radius 1 is 0.302 bits per heavy atom. The summed E-state index contributed by atoms with van der Waals surface area (Å²) in [6.45, 7) is 0. The fourth-order valence-electron chi connectivity index (χ4n) is 8.69. The Bertz CT molecular complexity index is 3620. The summed E-state index contributed by atoms with van der Waals surface area (Å²) in [7, 11) is 0. The first-order valence-corrected chi connectivity index (χ1v) is 21.1. The molecular formula is C57H36N6. The molecule has 6 nitrogen and oxygen atoms in total. The fraction of sp³-hybridized carbons (Fsp3) is 0. The molecule has 0 aliphatic carbocycles. The highest BCUT2D eigenvalue weighted by Gasteiger charge is 2.15. The quantitative estimate of drug-likeness (QED) is 0.160. The molecule has 5 aromatic heterocycles. The van der Waals surface area contributed by atoms with E-state index in [4.69, 9.17) is 19.9 Å². The van der Waals surface area contributed by atoms with Crippen LogP contribution in [0.5, 0.6) is 0 Å². The van der Waals surface area contributed by atoms with Gasteiger partial charge in [0.25, 0.3) is 0 Å². The molecule has 294 valence electrons. The zero-order valence-corrected chi connectivity index (χ0v) is 34.0. The molecule has 0 unspecified atom stereocenters. The molecule has 0 saturated carbocycles.